The van der Waals surface area contributed by atoms with Gasteiger partial charge in [0.2, 0.25) is 0 Å². The molecular formula is C13H31N. The maximum absolute atomic E-state index is 3.21. The molecular weight excluding hydrogens is 170 g/mol. The van der Waals surface area contributed by atoms with Crippen molar-refractivity contribution in [2.75, 3.05) is 13.6 Å². The summed E-state index contributed by atoms with van der Waals surface area (Å²) in [4.78, 5) is 0. The molecule has 1 fully saturated rings. The smallest absolute Gasteiger partial charge is 0.00467 e. The summed E-state index contributed by atoms with van der Waals surface area (Å²) in [7, 11) is 2.03. The van der Waals surface area contributed by atoms with E-state index in [4.69, 9.17) is 0 Å². The van der Waals surface area contributed by atoms with Crippen LogP contribution < -0.4 is 5.32 Å². The van der Waals surface area contributed by atoms with Crippen molar-refractivity contribution in [2.24, 2.45) is 11.3 Å². The third-order valence-corrected chi connectivity index (χ3v) is 2.66. The van der Waals surface area contributed by atoms with Crippen LogP contribution in [-0.4, -0.2) is 13.6 Å². The summed E-state index contributed by atoms with van der Waals surface area (Å²) >= 11 is 0. The Morgan fingerprint density at radius 1 is 1.14 bits per heavy atom. The molecule has 0 aliphatic heterocycles. The molecule has 1 saturated carbocycles. The molecule has 1 nitrogen and oxygen atoms in total. The molecule has 0 atom stereocenters. The lowest BCUT2D eigenvalue weighted by molar-refractivity contribution is 0.0783. The lowest BCUT2D eigenvalue weighted by atomic mass is 9.62. The van der Waals surface area contributed by atoms with Crippen LogP contribution in [0.3, 0.4) is 0 Å². The van der Waals surface area contributed by atoms with Crippen molar-refractivity contribution in [1.82, 2.24) is 5.32 Å². The van der Waals surface area contributed by atoms with E-state index in [9.17, 15) is 0 Å². The lowest BCUT2D eigenvalue weighted by Gasteiger charge is -2.44. The monoisotopic (exact) mass is 201 g/mol. The van der Waals surface area contributed by atoms with Gasteiger partial charge in [-0.2, -0.15) is 0 Å². The topological polar surface area (TPSA) is 12.0 Å². The van der Waals surface area contributed by atoms with E-state index >= 15 is 0 Å². The van der Waals surface area contributed by atoms with Crippen molar-refractivity contribution in [3.8, 4) is 0 Å². The molecule has 0 radical (unpaired) electrons. The molecule has 1 aliphatic rings. The number of nitrogens with one attached hydrogen (secondary N) is 1. The first-order valence-electron chi connectivity index (χ1n) is 6.31. The molecule has 0 bridgehead atoms. The van der Waals surface area contributed by atoms with Crippen molar-refractivity contribution in [1.29, 1.82) is 0 Å². The highest BCUT2D eigenvalue weighted by molar-refractivity contribution is 4.88. The summed E-state index contributed by atoms with van der Waals surface area (Å²) in [6, 6.07) is 0. The SMILES string of the molecule is CC.CC.CNCCC1(C)CC(C)C1. The lowest BCUT2D eigenvalue weighted by Crippen LogP contribution is -2.35. The highest BCUT2D eigenvalue weighted by Gasteiger charge is 2.36. The average Bonchev–Trinajstić information content (AvgIpc) is 2.19. The zero-order chi connectivity index (χ0) is 11.6. The van der Waals surface area contributed by atoms with E-state index in [0.29, 0.717) is 5.41 Å². The highest BCUT2D eigenvalue weighted by atomic mass is 14.8. The van der Waals surface area contributed by atoms with Gasteiger partial charge in [-0.15, -0.1) is 0 Å². The highest BCUT2D eigenvalue weighted by Crippen LogP contribution is 2.47. The fourth-order valence-corrected chi connectivity index (χ4v) is 2.25. The molecule has 0 aromatic heterocycles. The second-order valence-corrected chi connectivity index (χ2v) is 4.18. The average molecular weight is 201 g/mol. The molecule has 0 unspecified atom stereocenters. The Balaban J connectivity index is 0. The number of hydrogen-bond donors (Lipinski definition) is 1. The second-order valence-electron chi connectivity index (χ2n) is 4.18. The predicted octanol–water partition coefficient (Wildman–Crippen LogP) is 4.08. The Morgan fingerprint density at radius 2 is 1.57 bits per heavy atom. The zero-order valence-electron chi connectivity index (χ0n) is 11.4. The van der Waals surface area contributed by atoms with Crippen molar-refractivity contribution in [3.05, 3.63) is 0 Å². The Bertz CT molecular complexity index is 104. The Kier molecular flexibility index (Phi) is 11.1. The maximum Gasteiger partial charge on any atom is -0.00467 e. The van der Waals surface area contributed by atoms with Crippen LogP contribution in [0.2, 0.25) is 0 Å². The quantitative estimate of drug-likeness (QED) is 0.725. The summed E-state index contributed by atoms with van der Waals surface area (Å²) in [5.41, 5.74) is 0.683. The normalized spacial score (nSPS) is 28.9. The van der Waals surface area contributed by atoms with Gasteiger partial charge in [-0.05, 0) is 44.2 Å². The number of hydrogen-bond acceptors (Lipinski definition) is 1. The van der Waals surface area contributed by atoms with Crippen LogP contribution in [0.4, 0.5) is 0 Å². The molecule has 1 heteroatoms. The largest absolute Gasteiger partial charge is 0.320 e. The van der Waals surface area contributed by atoms with Gasteiger partial charge < -0.3 is 5.32 Å². The van der Waals surface area contributed by atoms with Gasteiger partial charge in [0.1, 0.15) is 0 Å². The van der Waals surface area contributed by atoms with Gasteiger partial charge in [0.05, 0.1) is 0 Å². The van der Waals surface area contributed by atoms with E-state index in [1.165, 1.54) is 25.8 Å². The molecule has 0 aromatic rings. The van der Waals surface area contributed by atoms with E-state index in [1.807, 2.05) is 34.7 Å². The molecule has 0 saturated heterocycles. The Morgan fingerprint density at radius 3 is 1.86 bits per heavy atom. The second kappa shape index (κ2) is 9.51. The van der Waals surface area contributed by atoms with E-state index in [2.05, 4.69) is 19.2 Å². The van der Waals surface area contributed by atoms with Gasteiger partial charge in [0.25, 0.3) is 0 Å². The van der Waals surface area contributed by atoms with Crippen LogP contribution in [0.25, 0.3) is 0 Å². The van der Waals surface area contributed by atoms with Gasteiger partial charge in [0, 0.05) is 0 Å². The molecule has 1 N–H and O–H groups in total. The molecule has 0 amide bonds. The minimum Gasteiger partial charge on any atom is -0.320 e. The van der Waals surface area contributed by atoms with E-state index in [-0.39, 0.29) is 0 Å². The molecule has 1 aliphatic carbocycles. The van der Waals surface area contributed by atoms with Crippen molar-refractivity contribution < 1.29 is 0 Å². The fourth-order valence-electron chi connectivity index (χ4n) is 2.25. The first kappa shape index (κ1) is 16.4. The van der Waals surface area contributed by atoms with Gasteiger partial charge in [0.15, 0.2) is 0 Å². The summed E-state index contributed by atoms with van der Waals surface area (Å²) in [5, 5.41) is 3.21. The van der Waals surface area contributed by atoms with Crippen LogP contribution >= 0.6 is 0 Å². The summed E-state index contributed by atoms with van der Waals surface area (Å²) in [6.07, 6.45) is 4.23. The van der Waals surface area contributed by atoms with Gasteiger partial charge in [-0.25, -0.2) is 0 Å². The molecule has 14 heavy (non-hydrogen) atoms. The third kappa shape index (κ3) is 6.42. The van der Waals surface area contributed by atoms with Crippen molar-refractivity contribution in [2.45, 2.75) is 60.8 Å². The van der Waals surface area contributed by atoms with Crippen LogP contribution in [0.5, 0.6) is 0 Å². The minimum absolute atomic E-state index is 0.683. The fraction of sp³-hybridized carbons (Fsp3) is 1.00. The van der Waals surface area contributed by atoms with Crippen molar-refractivity contribution >= 4 is 0 Å². The van der Waals surface area contributed by atoms with Gasteiger partial charge in [-0.3, -0.25) is 0 Å². The predicted molar refractivity (Wildman–Crippen MR) is 67.7 cm³/mol. The summed E-state index contributed by atoms with van der Waals surface area (Å²) in [6.45, 7) is 13.9. The summed E-state index contributed by atoms with van der Waals surface area (Å²) < 4.78 is 0. The van der Waals surface area contributed by atoms with Crippen LogP contribution in [0, 0.1) is 11.3 Å². The molecule has 0 spiro atoms. The molecule has 1 rings (SSSR count). The molecule has 0 heterocycles. The van der Waals surface area contributed by atoms with Crippen LogP contribution in [0.15, 0.2) is 0 Å². The van der Waals surface area contributed by atoms with Gasteiger partial charge >= 0.3 is 0 Å². The molecule has 88 valence electrons. The van der Waals surface area contributed by atoms with E-state index in [0.717, 1.165) is 5.92 Å². The standard InChI is InChI=1S/C9H19N.2C2H6/c1-8-6-9(2,7-8)4-5-10-3;2*1-2/h8,10H,4-7H2,1-3H3;2*1-2H3. The third-order valence-electron chi connectivity index (χ3n) is 2.66. The number of rotatable bonds is 3. The zero-order valence-corrected chi connectivity index (χ0v) is 11.4. The van der Waals surface area contributed by atoms with Crippen LogP contribution in [0.1, 0.15) is 60.8 Å². The minimum atomic E-state index is 0.683. The first-order valence-corrected chi connectivity index (χ1v) is 6.31. The first-order chi connectivity index (χ1) is 6.66. The van der Waals surface area contributed by atoms with E-state index in [1.54, 1.807) is 0 Å². The van der Waals surface area contributed by atoms with Crippen molar-refractivity contribution in [3.63, 3.8) is 0 Å². The molecule has 0 aromatic carbocycles. The van der Waals surface area contributed by atoms with E-state index < -0.39 is 0 Å². The van der Waals surface area contributed by atoms with Gasteiger partial charge in [-0.1, -0.05) is 41.5 Å². The summed E-state index contributed by atoms with van der Waals surface area (Å²) in [5.74, 6) is 0.988. The Labute approximate surface area is 91.7 Å². The Hall–Kier alpha value is -0.0400. The maximum atomic E-state index is 3.21. The van der Waals surface area contributed by atoms with Crippen LogP contribution in [-0.2, 0) is 0 Å².